The molecule has 0 aliphatic rings. The van der Waals surface area contributed by atoms with Crippen LogP contribution in [0.25, 0.3) is 22.9 Å². The van der Waals surface area contributed by atoms with Crippen molar-refractivity contribution < 1.29 is 0 Å². The summed E-state index contributed by atoms with van der Waals surface area (Å²) in [6, 6.07) is 11.2. The Bertz CT molecular complexity index is 791. The molecule has 3 aromatic rings. The molecule has 0 bridgehead atoms. The molecule has 1 aromatic carbocycles. The van der Waals surface area contributed by atoms with E-state index in [0.717, 1.165) is 16.6 Å². The second kappa shape index (κ2) is 4.86. The molecule has 0 unspecified atom stereocenters. The van der Waals surface area contributed by atoms with Gasteiger partial charge in [0.15, 0.2) is 0 Å². The van der Waals surface area contributed by atoms with Crippen molar-refractivity contribution in [3.05, 3.63) is 70.4 Å². The molecular formula is C15H11N3O. The minimum absolute atomic E-state index is 0.172. The summed E-state index contributed by atoms with van der Waals surface area (Å²) in [4.78, 5) is 15.7. The Morgan fingerprint density at radius 1 is 1.00 bits per heavy atom. The quantitative estimate of drug-likeness (QED) is 0.759. The van der Waals surface area contributed by atoms with Crippen LogP contribution in [0, 0.1) is 0 Å². The molecule has 0 aliphatic heterocycles. The fraction of sp³-hybridized carbons (Fsp3) is 0. The van der Waals surface area contributed by atoms with Gasteiger partial charge in [0.05, 0.1) is 11.1 Å². The minimum atomic E-state index is -0.172. The first kappa shape index (κ1) is 11.3. The maximum absolute atomic E-state index is 11.7. The first-order valence-electron chi connectivity index (χ1n) is 5.90. The highest BCUT2D eigenvalue weighted by molar-refractivity contribution is 5.90. The minimum Gasteiger partial charge on any atom is -0.267 e. The van der Waals surface area contributed by atoms with Gasteiger partial charge < -0.3 is 0 Å². The van der Waals surface area contributed by atoms with Gasteiger partial charge in [0, 0.05) is 17.8 Å². The van der Waals surface area contributed by atoms with Gasteiger partial charge in [-0.25, -0.2) is 5.10 Å². The lowest BCUT2D eigenvalue weighted by molar-refractivity contribution is 1.00. The highest BCUT2D eigenvalue weighted by atomic mass is 16.1. The molecule has 0 aliphatic carbocycles. The number of fused-ring (bicyclic) bond motifs is 1. The van der Waals surface area contributed by atoms with Gasteiger partial charge >= 0.3 is 0 Å². The number of aromatic amines is 1. The molecular weight excluding hydrogens is 238 g/mol. The Labute approximate surface area is 109 Å². The maximum Gasteiger partial charge on any atom is 0.272 e. The van der Waals surface area contributed by atoms with Crippen molar-refractivity contribution >= 4 is 22.9 Å². The molecule has 0 saturated heterocycles. The molecule has 0 saturated carbocycles. The number of rotatable bonds is 2. The first-order chi connectivity index (χ1) is 9.34. The number of pyridine rings is 1. The van der Waals surface area contributed by atoms with E-state index in [1.54, 1.807) is 18.5 Å². The molecule has 0 spiro atoms. The summed E-state index contributed by atoms with van der Waals surface area (Å²) in [6.07, 6.45) is 7.28. The summed E-state index contributed by atoms with van der Waals surface area (Å²) >= 11 is 0. The van der Waals surface area contributed by atoms with E-state index in [-0.39, 0.29) is 5.56 Å². The van der Waals surface area contributed by atoms with E-state index in [9.17, 15) is 4.79 Å². The Balaban J connectivity index is 2.09. The van der Waals surface area contributed by atoms with Crippen LogP contribution in [0.3, 0.4) is 0 Å². The number of nitrogens with zero attached hydrogens (tertiary/aromatic N) is 2. The van der Waals surface area contributed by atoms with Gasteiger partial charge in [-0.05, 0) is 23.8 Å². The molecule has 0 fully saturated rings. The average Bonchev–Trinajstić information content (AvgIpc) is 2.48. The van der Waals surface area contributed by atoms with E-state index in [1.165, 1.54) is 0 Å². The van der Waals surface area contributed by atoms with Gasteiger partial charge in [0.25, 0.3) is 5.56 Å². The van der Waals surface area contributed by atoms with Crippen molar-refractivity contribution in [2.45, 2.75) is 0 Å². The van der Waals surface area contributed by atoms with Crippen molar-refractivity contribution in [3.8, 4) is 0 Å². The molecule has 0 atom stereocenters. The van der Waals surface area contributed by atoms with Crippen molar-refractivity contribution in [2.75, 3.05) is 0 Å². The summed E-state index contributed by atoms with van der Waals surface area (Å²) in [7, 11) is 0. The Morgan fingerprint density at radius 3 is 2.63 bits per heavy atom. The van der Waals surface area contributed by atoms with Crippen molar-refractivity contribution in [2.24, 2.45) is 0 Å². The lowest BCUT2D eigenvalue weighted by atomic mass is 10.1. The average molecular weight is 249 g/mol. The van der Waals surface area contributed by atoms with Crippen molar-refractivity contribution in [3.63, 3.8) is 0 Å². The highest BCUT2D eigenvalue weighted by Crippen LogP contribution is 2.14. The molecule has 4 heteroatoms. The van der Waals surface area contributed by atoms with Crippen LogP contribution >= 0.6 is 0 Å². The van der Waals surface area contributed by atoms with Crippen molar-refractivity contribution in [1.29, 1.82) is 0 Å². The van der Waals surface area contributed by atoms with Gasteiger partial charge in [0.1, 0.15) is 0 Å². The Hall–Kier alpha value is -2.75. The molecule has 4 nitrogen and oxygen atoms in total. The van der Waals surface area contributed by atoms with Crippen LogP contribution in [0.15, 0.2) is 53.6 Å². The van der Waals surface area contributed by atoms with Gasteiger partial charge in [-0.2, -0.15) is 5.10 Å². The van der Waals surface area contributed by atoms with Gasteiger partial charge in [-0.1, -0.05) is 30.3 Å². The summed E-state index contributed by atoms with van der Waals surface area (Å²) in [5.41, 5.74) is 1.55. The van der Waals surface area contributed by atoms with Crippen LogP contribution in [0.1, 0.15) is 11.3 Å². The predicted octanol–water partition coefficient (Wildman–Crippen LogP) is 2.49. The van der Waals surface area contributed by atoms with E-state index < -0.39 is 0 Å². The Morgan fingerprint density at radius 2 is 1.84 bits per heavy atom. The van der Waals surface area contributed by atoms with Gasteiger partial charge in [-0.3, -0.25) is 9.78 Å². The third-order valence-electron chi connectivity index (χ3n) is 2.84. The fourth-order valence-electron chi connectivity index (χ4n) is 1.91. The smallest absolute Gasteiger partial charge is 0.267 e. The molecule has 2 heterocycles. The predicted molar refractivity (Wildman–Crippen MR) is 75.5 cm³/mol. The third kappa shape index (κ3) is 2.28. The second-order valence-electron chi connectivity index (χ2n) is 4.10. The Kier molecular flexibility index (Phi) is 2.90. The first-order valence-corrected chi connectivity index (χ1v) is 5.90. The standard InChI is InChI=1S/C15H11N3O/c19-15-13-6-2-1-5-12(13)14(17-18-15)8-7-11-4-3-9-16-10-11/h1-10H,(H,18,19)/b8-7-. The van der Waals surface area contributed by atoms with E-state index in [0.29, 0.717) is 5.39 Å². The van der Waals surface area contributed by atoms with E-state index in [4.69, 9.17) is 0 Å². The summed E-state index contributed by atoms with van der Waals surface area (Å²) in [5.74, 6) is 0. The molecule has 19 heavy (non-hydrogen) atoms. The number of benzene rings is 1. The molecule has 1 N–H and O–H groups in total. The molecule has 3 rings (SSSR count). The van der Waals surface area contributed by atoms with Crippen LogP contribution in [-0.4, -0.2) is 15.2 Å². The number of hydrogen-bond donors (Lipinski definition) is 1. The summed E-state index contributed by atoms with van der Waals surface area (Å²) < 4.78 is 0. The normalized spacial score (nSPS) is 11.2. The van der Waals surface area contributed by atoms with Gasteiger partial charge in [-0.15, -0.1) is 0 Å². The monoisotopic (exact) mass is 249 g/mol. The zero-order valence-corrected chi connectivity index (χ0v) is 10.1. The lowest BCUT2D eigenvalue weighted by Gasteiger charge is -1.99. The van der Waals surface area contributed by atoms with E-state index >= 15 is 0 Å². The number of nitrogens with one attached hydrogen (secondary N) is 1. The van der Waals surface area contributed by atoms with Gasteiger partial charge in [0.2, 0.25) is 0 Å². The molecule has 2 aromatic heterocycles. The second-order valence-corrected chi connectivity index (χ2v) is 4.10. The summed E-state index contributed by atoms with van der Waals surface area (Å²) in [5, 5.41) is 8.06. The van der Waals surface area contributed by atoms with Crippen LogP contribution in [0.5, 0.6) is 0 Å². The maximum atomic E-state index is 11.7. The lowest BCUT2D eigenvalue weighted by Crippen LogP contribution is -2.09. The fourth-order valence-corrected chi connectivity index (χ4v) is 1.91. The zero-order chi connectivity index (χ0) is 13.1. The van der Waals surface area contributed by atoms with Crippen LogP contribution in [-0.2, 0) is 0 Å². The third-order valence-corrected chi connectivity index (χ3v) is 2.84. The topological polar surface area (TPSA) is 58.6 Å². The van der Waals surface area contributed by atoms with Crippen LogP contribution < -0.4 is 5.56 Å². The summed E-state index contributed by atoms with van der Waals surface area (Å²) in [6.45, 7) is 0. The van der Waals surface area contributed by atoms with E-state index in [2.05, 4.69) is 15.2 Å². The number of H-pyrrole nitrogens is 1. The zero-order valence-electron chi connectivity index (χ0n) is 10.1. The SMILES string of the molecule is O=c1[nH]nc(/C=C\c2cccnc2)c2ccccc12. The number of hydrogen-bond acceptors (Lipinski definition) is 3. The molecule has 0 amide bonds. The number of aromatic nitrogens is 3. The highest BCUT2D eigenvalue weighted by Gasteiger charge is 2.02. The molecule has 0 radical (unpaired) electrons. The molecule has 92 valence electrons. The van der Waals surface area contributed by atoms with Crippen LogP contribution in [0.4, 0.5) is 0 Å². The largest absolute Gasteiger partial charge is 0.272 e. The van der Waals surface area contributed by atoms with Crippen LogP contribution in [0.2, 0.25) is 0 Å². The van der Waals surface area contributed by atoms with E-state index in [1.807, 2.05) is 42.5 Å². The van der Waals surface area contributed by atoms with Crippen molar-refractivity contribution in [1.82, 2.24) is 15.2 Å².